The van der Waals surface area contributed by atoms with Gasteiger partial charge < -0.3 is 16.6 Å². The highest BCUT2D eigenvalue weighted by Gasteiger charge is 2.42. The second kappa shape index (κ2) is 14.9. The molecule has 0 aliphatic heterocycles. The predicted molar refractivity (Wildman–Crippen MR) is 189 cm³/mol. The van der Waals surface area contributed by atoms with Crippen molar-refractivity contribution in [2.24, 2.45) is 21.7 Å². The molecule has 0 aliphatic carbocycles. The zero-order chi connectivity index (χ0) is 35.0. The highest BCUT2D eigenvalue weighted by molar-refractivity contribution is 5.62. The zero-order valence-electron chi connectivity index (χ0n) is 27.1. The molecular formula is C38H35N9O3. The van der Waals surface area contributed by atoms with E-state index in [0.717, 1.165) is 0 Å². The summed E-state index contributed by atoms with van der Waals surface area (Å²) in [7, 11) is 0. The van der Waals surface area contributed by atoms with Gasteiger partial charge in [-0.1, -0.05) is 24.3 Å². The molecule has 12 heteroatoms. The molecule has 5 N–H and O–H groups in total. The van der Waals surface area contributed by atoms with Crippen LogP contribution in [0, 0.1) is 10.1 Å². The van der Waals surface area contributed by atoms with Crippen molar-refractivity contribution < 1.29 is 10.0 Å². The number of hydrogen-bond acceptors (Lipinski definition) is 11. The standard InChI is InChI=1S/C38H35N9O3/c39-37(23-28-9-1-5-19-41-28,24-29-10-2-6-20-42-29)35-33(46-45-27-13-15-32(16-14-27)47(49)50)17-18-34(48)36(35)38(40,25-30-11-3-7-21-43-30)26-31-12-4-8-22-44-31/h1-22,48H,23-26,39-40H2. The van der Waals surface area contributed by atoms with Crippen molar-refractivity contribution in [3.8, 4) is 5.75 Å². The summed E-state index contributed by atoms with van der Waals surface area (Å²) in [6, 6.07) is 31.3. The van der Waals surface area contributed by atoms with Gasteiger partial charge in [0.2, 0.25) is 0 Å². The number of nitro groups is 1. The molecule has 50 heavy (non-hydrogen) atoms. The fourth-order valence-corrected chi connectivity index (χ4v) is 6.21. The largest absolute Gasteiger partial charge is 0.508 e. The van der Waals surface area contributed by atoms with Crippen molar-refractivity contribution in [1.82, 2.24) is 19.9 Å². The van der Waals surface area contributed by atoms with Gasteiger partial charge in [0.15, 0.2) is 0 Å². The smallest absolute Gasteiger partial charge is 0.269 e. The normalized spacial score (nSPS) is 11.9. The van der Waals surface area contributed by atoms with Crippen LogP contribution in [-0.2, 0) is 36.8 Å². The number of azo groups is 1. The van der Waals surface area contributed by atoms with Crippen LogP contribution >= 0.6 is 0 Å². The molecule has 12 nitrogen and oxygen atoms in total. The number of phenolic OH excluding ortho intramolecular Hbond substituents is 1. The van der Waals surface area contributed by atoms with Gasteiger partial charge in [-0.2, -0.15) is 10.2 Å². The third kappa shape index (κ3) is 7.89. The number of nitrogens with two attached hydrogens (primary N) is 2. The Balaban J connectivity index is 1.61. The van der Waals surface area contributed by atoms with E-state index in [1.165, 1.54) is 30.3 Å². The van der Waals surface area contributed by atoms with E-state index in [1.54, 1.807) is 30.9 Å². The van der Waals surface area contributed by atoms with Gasteiger partial charge in [0, 0.05) is 96.5 Å². The summed E-state index contributed by atoms with van der Waals surface area (Å²) in [5.74, 6) is -0.0829. The first kappa shape index (κ1) is 33.7. The Labute approximate surface area is 288 Å². The SMILES string of the molecule is NC(Cc1ccccn1)(Cc1ccccn1)c1c(O)ccc(N=Nc2ccc([N+](=O)[O-])cc2)c1C(N)(Cc1ccccn1)Cc1ccccn1. The number of nitro benzene ring substituents is 1. The van der Waals surface area contributed by atoms with Crippen molar-refractivity contribution in [3.05, 3.63) is 178 Å². The number of nitrogens with zero attached hydrogens (tertiary/aromatic N) is 7. The van der Waals surface area contributed by atoms with E-state index in [-0.39, 0.29) is 37.1 Å². The summed E-state index contributed by atoms with van der Waals surface area (Å²) in [5, 5.41) is 32.3. The molecule has 0 bridgehead atoms. The van der Waals surface area contributed by atoms with Crippen LogP contribution in [0.4, 0.5) is 17.1 Å². The summed E-state index contributed by atoms with van der Waals surface area (Å²) in [5.41, 5.74) is 16.8. The van der Waals surface area contributed by atoms with Crippen molar-refractivity contribution in [3.63, 3.8) is 0 Å². The highest BCUT2D eigenvalue weighted by atomic mass is 16.6. The maximum absolute atomic E-state index is 11.9. The van der Waals surface area contributed by atoms with Gasteiger partial charge in [-0.05, 0) is 72.8 Å². The second-order valence-corrected chi connectivity index (χ2v) is 12.1. The molecule has 2 aromatic carbocycles. The van der Waals surface area contributed by atoms with Crippen LogP contribution in [0.3, 0.4) is 0 Å². The first-order valence-corrected chi connectivity index (χ1v) is 15.9. The van der Waals surface area contributed by atoms with Gasteiger partial charge in [-0.3, -0.25) is 30.1 Å². The number of hydrogen-bond donors (Lipinski definition) is 3. The van der Waals surface area contributed by atoms with Gasteiger partial charge in [-0.25, -0.2) is 0 Å². The average Bonchev–Trinajstić information content (AvgIpc) is 3.12. The maximum Gasteiger partial charge on any atom is 0.269 e. The van der Waals surface area contributed by atoms with E-state index in [1.807, 2.05) is 72.8 Å². The second-order valence-electron chi connectivity index (χ2n) is 12.1. The van der Waals surface area contributed by atoms with Gasteiger partial charge in [0.05, 0.1) is 27.4 Å². The topological polar surface area (TPSA) is 192 Å². The third-order valence-electron chi connectivity index (χ3n) is 8.38. The van der Waals surface area contributed by atoms with Crippen molar-refractivity contribution in [2.45, 2.75) is 36.8 Å². The Morgan fingerprint density at radius 1 is 0.580 bits per heavy atom. The number of aromatic hydroxyl groups is 1. The molecule has 0 unspecified atom stereocenters. The zero-order valence-corrected chi connectivity index (χ0v) is 27.1. The van der Waals surface area contributed by atoms with Crippen LogP contribution < -0.4 is 11.5 Å². The van der Waals surface area contributed by atoms with Crippen LogP contribution in [0.2, 0.25) is 0 Å². The Morgan fingerprint density at radius 2 is 1.00 bits per heavy atom. The number of phenols is 1. The number of aromatic nitrogens is 4. The quantitative estimate of drug-likeness (QED) is 0.0695. The van der Waals surface area contributed by atoms with Crippen LogP contribution in [-0.4, -0.2) is 30.0 Å². The maximum atomic E-state index is 11.9. The van der Waals surface area contributed by atoms with E-state index in [0.29, 0.717) is 45.3 Å². The molecule has 6 rings (SSSR count). The summed E-state index contributed by atoms with van der Waals surface area (Å²) in [6.07, 6.45) is 7.68. The Morgan fingerprint density at radius 3 is 1.38 bits per heavy atom. The Hall–Kier alpha value is -6.24. The van der Waals surface area contributed by atoms with Gasteiger partial charge >= 0.3 is 0 Å². The van der Waals surface area contributed by atoms with E-state index < -0.39 is 16.0 Å². The van der Waals surface area contributed by atoms with E-state index in [9.17, 15) is 15.2 Å². The van der Waals surface area contributed by atoms with Gasteiger partial charge in [-0.15, -0.1) is 0 Å². The van der Waals surface area contributed by atoms with E-state index in [4.69, 9.17) is 11.5 Å². The number of benzene rings is 2. The van der Waals surface area contributed by atoms with Gasteiger partial charge in [0.1, 0.15) is 5.75 Å². The Bertz CT molecular complexity index is 1980. The van der Waals surface area contributed by atoms with E-state index in [2.05, 4.69) is 30.2 Å². The molecule has 6 aromatic rings. The highest BCUT2D eigenvalue weighted by Crippen LogP contribution is 2.46. The minimum absolute atomic E-state index is 0.0692. The molecule has 0 saturated carbocycles. The number of rotatable bonds is 13. The number of pyridine rings is 4. The fraction of sp³-hybridized carbons (Fsp3) is 0.158. The Kier molecular flexibility index (Phi) is 10.0. The lowest BCUT2D eigenvalue weighted by atomic mass is 9.71. The predicted octanol–water partition coefficient (Wildman–Crippen LogP) is 6.57. The molecule has 0 amide bonds. The summed E-state index contributed by atoms with van der Waals surface area (Å²) >= 11 is 0. The van der Waals surface area contributed by atoms with Crippen LogP contribution in [0.1, 0.15) is 33.9 Å². The average molecular weight is 666 g/mol. The van der Waals surface area contributed by atoms with Crippen molar-refractivity contribution >= 4 is 17.1 Å². The lowest BCUT2D eigenvalue weighted by Crippen LogP contribution is -2.48. The summed E-state index contributed by atoms with van der Waals surface area (Å²) < 4.78 is 0. The minimum atomic E-state index is -1.31. The van der Waals surface area contributed by atoms with Gasteiger partial charge in [0.25, 0.3) is 5.69 Å². The molecule has 4 aromatic heterocycles. The molecular weight excluding hydrogens is 630 g/mol. The first-order chi connectivity index (χ1) is 24.2. The molecule has 0 radical (unpaired) electrons. The minimum Gasteiger partial charge on any atom is -0.508 e. The molecule has 0 saturated heterocycles. The fourth-order valence-electron chi connectivity index (χ4n) is 6.21. The van der Waals surface area contributed by atoms with Crippen LogP contribution in [0.15, 0.2) is 144 Å². The first-order valence-electron chi connectivity index (χ1n) is 15.9. The molecule has 0 fully saturated rings. The summed E-state index contributed by atoms with van der Waals surface area (Å²) in [4.78, 5) is 29.1. The molecule has 4 heterocycles. The lowest BCUT2D eigenvalue weighted by molar-refractivity contribution is -0.384. The van der Waals surface area contributed by atoms with E-state index >= 15 is 0 Å². The van der Waals surface area contributed by atoms with Crippen LogP contribution in [0.5, 0.6) is 5.75 Å². The van der Waals surface area contributed by atoms with Crippen LogP contribution in [0.25, 0.3) is 0 Å². The molecule has 0 spiro atoms. The molecule has 250 valence electrons. The van der Waals surface area contributed by atoms with Crippen molar-refractivity contribution in [1.29, 1.82) is 0 Å². The number of non-ortho nitro benzene ring substituents is 1. The summed E-state index contributed by atoms with van der Waals surface area (Å²) in [6.45, 7) is 0. The lowest BCUT2D eigenvalue weighted by Gasteiger charge is -2.39. The third-order valence-corrected chi connectivity index (χ3v) is 8.38. The molecule has 0 aliphatic rings. The molecule has 0 atom stereocenters. The van der Waals surface area contributed by atoms with Crippen molar-refractivity contribution in [2.75, 3.05) is 0 Å². The monoisotopic (exact) mass is 665 g/mol.